The summed E-state index contributed by atoms with van der Waals surface area (Å²) in [6.07, 6.45) is -15.0. The van der Waals surface area contributed by atoms with Crippen LogP contribution >= 0.6 is 0 Å². The predicted molar refractivity (Wildman–Crippen MR) is 225 cm³/mol. The first-order valence-electron chi connectivity index (χ1n) is 24.3. The lowest BCUT2D eigenvalue weighted by Gasteiger charge is -2.75. The third-order valence-electron chi connectivity index (χ3n) is 20.3. The number of hydrogen-bond acceptors (Lipinski definition) is 18. The van der Waals surface area contributed by atoms with E-state index in [-0.39, 0.29) is 63.6 Å². The minimum atomic E-state index is -1.85. The Bertz CT molecular complexity index is 1720. The zero-order chi connectivity index (χ0) is 47.0. The van der Waals surface area contributed by atoms with Crippen LogP contribution in [0.1, 0.15) is 106 Å². The predicted octanol–water partition coefficient (Wildman–Crippen LogP) is -0.563. The van der Waals surface area contributed by atoms with Crippen molar-refractivity contribution in [2.24, 2.45) is 50.2 Å². The molecule has 5 saturated carbocycles. The molecule has 5 aliphatic carbocycles. The van der Waals surface area contributed by atoms with Crippen LogP contribution in [0.2, 0.25) is 0 Å². The number of ether oxygens (including phenoxy) is 7. The molecule has 0 radical (unpaired) electrons. The molecule has 25 atom stereocenters. The lowest BCUT2D eigenvalue weighted by Crippen LogP contribution is -2.74. The average Bonchev–Trinajstić information content (AvgIpc) is 3.55. The highest BCUT2D eigenvalue weighted by atomic mass is 16.8. The second-order valence-corrected chi connectivity index (χ2v) is 23.7. The Morgan fingerprint density at radius 2 is 1.18 bits per heavy atom. The zero-order valence-corrected chi connectivity index (χ0v) is 38.9. The van der Waals surface area contributed by atoms with Gasteiger partial charge in [-0.2, -0.15) is 0 Å². The van der Waals surface area contributed by atoms with Gasteiger partial charge in [0.1, 0.15) is 67.1 Å². The second-order valence-electron chi connectivity index (χ2n) is 23.7. The molecule has 18 heteroatoms. The topological polar surface area (TPSA) is 287 Å². The zero-order valence-electron chi connectivity index (χ0n) is 38.9. The third kappa shape index (κ3) is 7.07. The van der Waals surface area contributed by atoms with Crippen molar-refractivity contribution in [2.45, 2.75) is 210 Å². The van der Waals surface area contributed by atoms with Crippen LogP contribution in [0.4, 0.5) is 0 Å². The van der Waals surface area contributed by atoms with E-state index in [1.165, 1.54) is 0 Å². The Labute approximate surface area is 381 Å². The summed E-state index contributed by atoms with van der Waals surface area (Å²) in [4.78, 5) is 0. The van der Waals surface area contributed by atoms with Crippen LogP contribution in [0.25, 0.3) is 0 Å². The highest BCUT2D eigenvalue weighted by Crippen LogP contribution is 2.80. The molecule has 4 aliphatic heterocycles. The molecule has 0 aromatic carbocycles. The minimum absolute atomic E-state index is 0.0132. The van der Waals surface area contributed by atoms with Crippen LogP contribution in [0.15, 0.2) is 0 Å². The Morgan fingerprint density at radius 1 is 0.569 bits per heavy atom. The minimum Gasteiger partial charge on any atom is -0.396 e. The first kappa shape index (κ1) is 49.3. The summed E-state index contributed by atoms with van der Waals surface area (Å²) >= 11 is 0. The maximum absolute atomic E-state index is 12.2. The molecular formula is C47H78O18. The molecule has 0 aromatic rings. The molecule has 9 fully saturated rings. The number of aliphatic hydroxyl groups is 11. The van der Waals surface area contributed by atoms with Crippen LogP contribution in [-0.2, 0) is 33.2 Å². The maximum Gasteiger partial charge on any atom is 0.187 e. The van der Waals surface area contributed by atoms with Crippen LogP contribution in [0, 0.1) is 50.2 Å². The summed E-state index contributed by atoms with van der Waals surface area (Å²) < 4.78 is 43.6. The lowest BCUT2D eigenvalue weighted by molar-refractivity contribution is -0.383. The first-order valence-corrected chi connectivity index (χ1v) is 24.3. The molecule has 1 spiro atoms. The largest absolute Gasteiger partial charge is 0.396 e. The molecular weight excluding hydrogens is 852 g/mol. The lowest BCUT2D eigenvalue weighted by atomic mass is 9.30. The Morgan fingerprint density at radius 3 is 1.80 bits per heavy atom. The van der Waals surface area contributed by atoms with E-state index < -0.39 is 117 Å². The smallest absolute Gasteiger partial charge is 0.187 e. The summed E-state index contributed by atoms with van der Waals surface area (Å²) in [5.74, 6) is 0.529. The molecule has 9 aliphatic rings. The average molecular weight is 931 g/mol. The second kappa shape index (κ2) is 17.0. The van der Waals surface area contributed by atoms with Crippen LogP contribution in [0.3, 0.4) is 0 Å². The maximum atomic E-state index is 12.2. The quantitative estimate of drug-likeness (QED) is 0.129. The van der Waals surface area contributed by atoms with E-state index >= 15 is 0 Å². The first-order chi connectivity index (χ1) is 30.5. The van der Waals surface area contributed by atoms with Gasteiger partial charge in [-0.1, -0.05) is 41.5 Å². The SMILES string of the molecule is CC1(C)CCC23COC4(CCC5C6(C)CCC(OC7OCC(OC8OC(CO)C(O)C(O)C8O)C(O)C7OC7OC(CO)C(O)C(O)C7O)C(C)(CO)C6CCC5(C)C4(C)CC2O)C3C1. The van der Waals surface area contributed by atoms with Crippen LogP contribution < -0.4 is 0 Å². The van der Waals surface area contributed by atoms with Crippen molar-refractivity contribution < 1.29 is 89.3 Å². The van der Waals surface area contributed by atoms with E-state index in [1.807, 2.05) is 6.92 Å². The van der Waals surface area contributed by atoms with Gasteiger partial charge in [-0.15, -0.1) is 0 Å². The standard InChI is InChI=1S/C47H78O18/c1-41(2)13-14-46-21-60-47(27(46)15-41)12-8-26-42(3)10-9-29(43(4,20-50)25(42)7-11-44(26,5)45(47,6)16-28(46)51)64-40-37(65-39-36(58)34(56)31(53)23(18-49)62-39)32(54)24(19-59-40)63-38-35(57)33(55)30(52)22(17-48)61-38/h22-40,48-58H,7-21H2,1-6H3. The summed E-state index contributed by atoms with van der Waals surface area (Å²) in [5, 5.41) is 119. The highest BCUT2D eigenvalue weighted by Gasteiger charge is 2.80. The highest BCUT2D eigenvalue weighted by molar-refractivity contribution is 5.28. The molecule has 2 bridgehead atoms. The molecule has 0 aromatic heterocycles. The molecule has 25 unspecified atom stereocenters. The van der Waals surface area contributed by atoms with E-state index in [0.29, 0.717) is 19.4 Å². The summed E-state index contributed by atoms with van der Waals surface area (Å²) in [7, 11) is 0. The van der Waals surface area contributed by atoms with Crippen molar-refractivity contribution in [1.82, 2.24) is 0 Å². The fourth-order valence-corrected chi connectivity index (χ4v) is 16.2. The van der Waals surface area contributed by atoms with E-state index in [9.17, 15) is 56.2 Å². The van der Waals surface area contributed by atoms with Crippen LogP contribution in [-0.4, -0.2) is 193 Å². The number of fused-ring (bicyclic) bond motifs is 4. The molecule has 374 valence electrons. The van der Waals surface area contributed by atoms with Gasteiger partial charge in [0, 0.05) is 16.2 Å². The molecule has 18 nitrogen and oxygen atoms in total. The van der Waals surface area contributed by atoms with Crippen molar-refractivity contribution in [1.29, 1.82) is 0 Å². The summed E-state index contributed by atoms with van der Waals surface area (Å²) in [6, 6.07) is 0. The number of rotatable bonds is 9. The van der Waals surface area contributed by atoms with E-state index in [1.54, 1.807) is 0 Å². The Hall–Kier alpha value is -0.720. The van der Waals surface area contributed by atoms with Gasteiger partial charge in [-0.05, 0) is 98.2 Å². The fourth-order valence-electron chi connectivity index (χ4n) is 16.2. The summed E-state index contributed by atoms with van der Waals surface area (Å²) in [6.45, 7) is 12.6. The van der Waals surface area contributed by atoms with Gasteiger partial charge in [0.15, 0.2) is 18.9 Å². The Balaban J connectivity index is 0.976. The van der Waals surface area contributed by atoms with Crippen molar-refractivity contribution in [3.05, 3.63) is 0 Å². The van der Waals surface area contributed by atoms with Gasteiger partial charge in [0.2, 0.25) is 0 Å². The van der Waals surface area contributed by atoms with Gasteiger partial charge >= 0.3 is 0 Å². The molecule has 9 rings (SSSR count). The third-order valence-corrected chi connectivity index (χ3v) is 20.3. The Kier molecular flexibility index (Phi) is 12.9. The van der Waals surface area contributed by atoms with Gasteiger partial charge in [-0.25, -0.2) is 0 Å². The number of aliphatic hydroxyl groups excluding tert-OH is 11. The van der Waals surface area contributed by atoms with Crippen molar-refractivity contribution in [2.75, 3.05) is 33.0 Å². The van der Waals surface area contributed by atoms with Crippen molar-refractivity contribution in [3.8, 4) is 0 Å². The monoisotopic (exact) mass is 931 g/mol. The normalized spacial score (nSPS) is 58.6. The van der Waals surface area contributed by atoms with Crippen molar-refractivity contribution in [3.63, 3.8) is 0 Å². The molecule has 4 heterocycles. The van der Waals surface area contributed by atoms with Gasteiger partial charge in [0.05, 0.1) is 50.8 Å². The molecule has 11 N–H and O–H groups in total. The van der Waals surface area contributed by atoms with E-state index in [2.05, 4.69) is 34.6 Å². The van der Waals surface area contributed by atoms with Crippen LogP contribution in [0.5, 0.6) is 0 Å². The van der Waals surface area contributed by atoms with E-state index in [0.717, 1.165) is 51.4 Å². The molecule has 0 amide bonds. The number of hydrogen-bond donors (Lipinski definition) is 11. The fraction of sp³-hybridized carbons (Fsp3) is 1.00. The molecule has 4 saturated heterocycles. The van der Waals surface area contributed by atoms with Gasteiger partial charge < -0.3 is 89.3 Å². The summed E-state index contributed by atoms with van der Waals surface area (Å²) in [5.41, 5.74) is -1.86. The van der Waals surface area contributed by atoms with Crippen molar-refractivity contribution >= 4 is 0 Å². The van der Waals surface area contributed by atoms with E-state index in [4.69, 9.17) is 33.2 Å². The van der Waals surface area contributed by atoms with Gasteiger partial charge in [-0.3, -0.25) is 0 Å². The van der Waals surface area contributed by atoms with Gasteiger partial charge in [0.25, 0.3) is 0 Å². The molecule has 65 heavy (non-hydrogen) atoms.